The third-order valence-electron chi connectivity index (χ3n) is 4.02. The average molecular weight is 344 g/mol. The van der Waals surface area contributed by atoms with Crippen molar-refractivity contribution in [2.45, 2.75) is 26.7 Å². The van der Waals surface area contributed by atoms with Crippen LogP contribution in [-0.2, 0) is 9.53 Å². The second-order valence-corrected chi connectivity index (χ2v) is 6.11. The molecular formula is C20H24O5. The molecule has 0 saturated carbocycles. The van der Waals surface area contributed by atoms with E-state index in [4.69, 9.17) is 14.2 Å². The van der Waals surface area contributed by atoms with Crippen LogP contribution in [0.2, 0.25) is 0 Å². The molecule has 0 spiro atoms. The first-order chi connectivity index (χ1) is 11.9. The second kappa shape index (κ2) is 8.03. The van der Waals surface area contributed by atoms with Crippen LogP contribution in [-0.4, -0.2) is 32.1 Å². The molecule has 0 saturated heterocycles. The minimum atomic E-state index is -0.952. The van der Waals surface area contributed by atoms with Crippen LogP contribution in [0.1, 0.15) is 37.8 Å². The summed E-state index contributed by atoms with van der Waals surface area (Å²) in [6.07, 6.45) is 1.65. The molecule has 2 rings (SSSR count). The van der Waals surface area contributed by atoms with E-state index in [0.717, 1.165) is 21.9 Å². The van der Waals surface area contributed by atoms with Gasteiger partial charge in [-0.15, -0.1) is 0 Å². The summed E-state index contributed by atoms with van der Waals surface area (Å²) in [5, 5.41) is 11.0. The Morgan fingerprint density at radius 1 is 1.28 bits per heavy atom. The molecular weight excluding hydrogens is 320 g/mol. The molecule has 0 aliphatic heterocycles. The molecule has 2 aromatic rings. The molecule has 0 aliphatic carbocycles. The third kappa shape index (κ3) is 3.94. The molecule has 0 fully saturated rings. The quantitative estimate of drug-likeness (QED) is 0.594. The summed E-state index contributed by atoms with van der Waals surface area (Å²) in [4.78, 5) is 11.2. The Balaban J connectivity index is 2.87. The number of hydrogen-bond donors (Lipinski definition) is 1. The number of benzene rings is 2. The summed E-state index contributed by atoms with van der Waals surface area (Å²) in [6.45, 7) is 5.88. The van der Waals surface area contributed by atoms with Crippen LogP contribution in [0, 0.1) is 0 Å². The van der Waals surface area contributed by atoms with Crippen molar-refractivity contribution in [2.75, 3.05) is 21.0 Å². The Hall–Kier alpha value is -2.53. The Morgan fingerprint density at radius 3 is 2.56 bits per heavy atom. The summed E-state index contributed by atoms with van der Waals surface area (Å²) in [5.74, 6) is 0.459. The van der Waals surface area contributed by atoms with E-state index in [-0.39, 0.29) is 18.3 Å². The Bertz CT molecular complexity index is 805. The van der Waals surface area contributed by atoms with E-state index >= 15 is 0 Å². The van der Waals surface area contributed by atoms with Crippen molar-refractivity contribution in [2.24, 2.45) is 0 Å². The zero-order chi connectivity index (χ0) is 18.6. The van der Waals surface area contributed by atoms with Gasteiger partial charge in [-0.3, -0.25) is 0 Å². The molecule has 0 atom stereocenters. The lowest BCUT2D eigenvalue weighted by atomic mass is 9.92. The maximum Gasteiger partial charge on any atom is 0.331 e. The van der Waals surface area contributed by atoms with Crippen molar-refractivity contribution >= 4 is 22.8 Å². The maximum absolute atomic E-state index is 11.2. The van der Waals surface area contributed by atoms with Gasteiger partial charge < -0.3 is 19.3 Å². The minimum Gasteiger partial charge on any atom is -0.493 e. The lowest BCUT2D eigenvalue weighted by molar-refractivity contribution is -0.132. The second-order valence-electron chi connectivity index (χ2n) is 6.11. The molecule has 0 heterocycles. The van der Waals surface area contributed by atoms with Crippen LogP contribution >= 0.6 is 0 Å². The number of carboxylic acids is 1. The summed E-state index contributed by atoms with van der Waals surface area (Å²) < 4.78 is 16.4. The molecule has 0 aromatic heterocycles. The van der Waals surface area contributed by atoms with Gasteiger partial charge in [0.15, 0.2) is 18.3 Å². The highest BCUT2D eigenvalue weighted by Gasteiger charge is 2.18. The Morgan fingerprint density at radius 2 is 2.00 bits per heavy atom. The fourth-order valence-corrected chi connectivity index (χ4v) is 2.78. The fourth-order valence-electron chi connectivity index (χ4n) is 2.78. The Labute approximate surface area is 147 Å². The van der Waals surface area contributed by atoms with Crippen molar-refractivity contribution in [1.82, 2.24) is 0 Å². The van der Waals surface area contributed by atoms with E-state index in [1.165, 1.54) is 0 Å². The molecule has 1 N–H and O–H groups in total. The molecule has 5 nitrogen and oxygen atoms in total. The van der Waals surface area contributed by atoms with E-state index in [0.29, 0.717) is 11.5 Å². The van der Waals surface area contributed by atoms with Crippen LogP contribution in [0.25, 0.3) is 16.8 Å². The van der Waals surface area contributed by atoms with Crippen molar-refractivity contribution in [3.05, 3.63) is 41.0 Å². The van der Waals surface area contributed by atoms with E-state index in [9.17, 15) is 9.90 Å². The highest BCUT2D eigenvalue weighted by Crippen LogP contribution is 2.42. The minimum absolute atomic E-state index is 0.0984. The topological polar surface area (TPSA) is 65.0 Å². The van der Waals surface area contributed by atoms with Gasteiger partial charge in [0.05, 0.1) is 7.11 Å². The molecule has 2 aromatic carbocycles. The number of carbonyl (C=O) groups is 1. The zero-order valence-electron chi connectivity index (χ0n) is 15.3. The summed E-state index contributed by atoms with van der Waals surface area (Å²) >= 11 is 0. The van der Waals surface area contributed by atoms with Crippen molar-refractivity contribution in [3.8, 4) is 11.5 Å². The zero-order valence-corrected chi connectivity index (χ0v) is 15.3. The van der Waals surface area contributed by atoms with E-state index in [1.54, 1.807) is 33.3 Å². The van der Waals surface area contributed by atoms with Gasteiger partial charge >= 0.3 is 5.97 Å². The normalized spacial score (nSPS) is 11.8. The first kappa shape index (κ1) is 18.8. The number of hydrogen-bond acceptors (Lipinski definition) is 4. The van der Waals surface area contributed by atoms with Gasteiger partial charge in [0.25, 0.3) is 0 Å². The fraction of sp³-hybridized carbons (Fsp3) is 0.350. The number of aliphatic carboxylic acids is 1. The molecule has 134 valence electrons. The third-order valence-corrected chi connectivity index (χ3v) is 4.02. The van der Waals surface area contributed by atoms with Crippen LogP contribution in [0.4, 0.5) is 0 Å². The van der Waals surface area contributed by atoms with Crippen molar-refractivity contribution in [1.29, 1.82) is 0 Å². The molecule has 25 heavy (non-hydrogen) atoms. The predicted octanol–water partition coefficient (Wildman–Crippen LogP) is 4.44. The number of ether oxygens (including phenoxy) is 3. The van der Waals surface area contributed by atoms with Gasteiger partial charge in [-0.05, 0) is 41.5 Å². The lowest BCUT2D eigenvalue weighted by Crippen LogP contribution is -2.04. The highest BCUT2D eigenvalue weighted by molar-refractivity contribution is 6.02. The molecule has 0 bridgehead atoms. The highest BCUT2D eigenvalue weighted by atomic mass is 16.7. The van der Waals surface area contributed by atoms with E-state index < -0.39 is 5.97 Å². The monoisotopic (exact) mass is 344 g/mol. The van der Waals surface area contributed by atoms with Gasteiger partial charge in [0.1, 0.15) is 0 Å². The van der Waals surface area contributed by atoms with E-state index in [2.05, 4.69) is 13.8 Å². The molecule has 5 heteroatoms. The van der Waals surface area contributed by atoms with Gasteiger partial charge in [-0.2, -0.15) is 0 Å². The van der Waals surface area contributed by atoms with Gasteiger partial charge in [0.2, 0.25) is 0 Å². The summed E-state index contributed by atoms with van der Waals surface area (Å²) in [6, 6.07) is 7.77. The maximum atomic E-state index is 11.2. The number of carboxylic acid groups (broad SMARTS) is 1. The van der Waals surface area contributed by atoms with Gasteiger partial charge in [0, 0.05) is 18.1 Å². The SMILES string of the molecule is COCOc1c(OC)cc(/C=C(\C)C(=O)O)c2cccc(C(C)C)c12. The van der Waals surface area contributed by atoms with Crippen LogP contribution in [0.5, 0.6) is 11.5 Å². The number of rotatable bonds is 7. The van der Waals surface area contributed by atoms with Gasteiger partial charge in [-0.1, -0.05) is 32.0 Å². The molecule has 0 radical (unpaired) electrons. The van der Waals surface area contributed by atoms with Crippen molar-refractivity contribution < 1.29 is 24.1 Å². The number of fused-ring (bicyclic) bond motifs is 1. The lowest BCUT2D eigenvalue weighted by Gasteiger charge is -2.19. The van der Waals surface area contributed by atoms with Gasteiger partial charge in [-0.25, -0.2) is 4.79 Å². The molecule has 0 amide bonds. The first-order valence-electron chi connectivity index (χ1n) is 8.07. The standard InChI is InChI=1S/C20H24O5/c1-12(2)15-7-6-8-16-14(9-13(3)20(21)22)10-17(24-5)19(18(15)16)25-11-23-4/h6-10,12H,11H2,1-5H3,(H,21,22)/b13-9+. The number of methoxy groups -OCH3 is 2. The largest absolute Gasteiger partial charge is 0.493 e. The Kier molecular flexibility index (Phi) is 6.04. The predicted molar refractivity (Wildman–Crippen MR) is 98.4 cm³/mol. The molecule has 0 aliphatic rings. The summed E-state index contributed by atoms with van der Waals surface area (Å²) in [7, 11) is 3.13. The summed E-state index contributed by atoms with van der Waals surface area (Å²) in [5.41, 5.74) is 2.13. The average Bonchev–Trinajstić information content (AvgIpc) is 2.59. The molecule has 0 unspecified atom stereocenters. The van der Waals surface area contributed by atoms with E-state index in [1.807, 2.05) is 18.2 Å². The smallest absolute Gasteiger partial charge is 0.331 e. The van der Waals surface area contributed by atoms with Crippen LogP contribution in [0.3, 0.4) is 0 Å². The van der Waals surface area contributed by atoms with Crippen LogP contribution < -0.4 is 9.47 Å². The first-order valence-corrected chi connectivity index (χ1v) is 8.07. The van der Waals surface area contributed by atoms with Crippen molar-refractivity contribution in [3.63, 3.8) is 0 Å². The van der Waals surface area contributed by atoms with Crippen LogP contribution in [0.15, 0.2) is 29.8 Å².